The van der Waals surface area contributed by atoms with E-state index in [0.29, 0.717) is 5.57 Å². The smallest absolute Gasteiger partial charge is 0.282 e. The van der Waals surface area contributed by atoms with Gasteiger partial charge in [-0.2, -0.15) is 0 Å². The summed E-state index contributed by atoms with van der Waals surface area (Å²) in [5.41, 5.74) is 0.404. The molecule has 0 aliphatic heterocycles. The SMILES string of the molecule is CC1=C[C@@H](C)C(F)(F)[C@@H](O)[C@@H]1O. The standard InChI is InChI=1S/C8H12F2O2/c1-4-3-5(2)8(9,10)7(12)6(4)11/h3,5-7,11-12H,1-2H3/t5-,6-,7+/m1/s1. The number of aliphatic hydroxyl groups is 2. The molecule has 1 rings (SSSR count). The minimum Gasteiger partial charge on any atom is -0.386 e. The highest BCUT2D eigenvalue weighted by molar-refractivity contribution is 5.18. The largest absolute Gasteiger partial charge is 0.386 e. The zero-order valence-electron chi connectivity index (χ0n) is 6.96. The first kappa shape index (κ1) is 9.61. The van der Waals surface area contributed by atoms with Crippen molar-refractivity contribution >= 4 is 0 Å². The third kappa shape index (κ3) is 1.25. The molecule has 0 bridgehead atoms. The highest BCUT2D eigenvalue weighted by Crippen LogP contribution is 2.37. The molecule has 0 unspecified atom stereocenters. The molecule has 0 radical (unpaired) electrons. The van der Waals surface area contributed by atoms with Crippen molar-refractivity contribution in [2.75, 3.05) is 0 Å². The summed E-state index contributed by atoms with van der Waals surface area (Å²) in [4.78, 5) is 0. The fraction of sp³-hybridized carbons (Fsp3) is 0.750. The van der Waals surface area contributed by atoms with Crippen molar-refractivity contribution < 1.29 is 19.0 Å². The normalized spacial score (nSPS) is 40.8. The molecular formula is C8H12F2O2. The molecule has 0 spiro atoms. The Hall–Kier alpha value is -0.480. The van der Waals surface area contributed by atoms with E-state index < -0.39 is 24.0 Å². The molecule has 0 aromatic carbocycles. The van der Waals surface area contributed by atoms with E-state index in [4.69, 9.17) is 10.2 Å². The molecule has 1 aliphatic rings. The van der Waals surface area contributed by atoms with Gasteiger partial charge in [-0.05, 0) is 12.5 Å². The fourth-order valence-electron chi connectivity index (χ4n) is 1.33. The van der Waals surface area contributed by atoms with Crippen molar-refractivity contribution in [3.05, 3.63) is 11.6 Å². The Morgan fingerprint density at radius 3 is 2.42 bits per heavy atom. The van der Waals surface area contributed by atoms with Gasteiger partial charge in [-0.25, -0.2) is 8.78 Å². The highest BCUT2D eigenvalue weighted by atomic mass is 19.3. The summed E-state index contributed by atoms with van der Waals surface area (Å²) in [6, 6.07) is 0. The predicted molar refractivity (Wildman–Crippen MR) is 39.9 cm³/mol. The molecule has 0 heterocycles. The predicted octanol–water partition coefficient (Wildman–Crippen LogP) is 0.940. The first-order valence-electron chi connectivity index (χ1n) is 3.79. The maximum atomic E-state index is 13.0. The second kappa shape index (κ2) is 2.78. The number of hydrogen-bond donors (Lipinski definition) is 2. The topological polar surface area (TPSA) is 40.5 Å². The molecule has 0 aromatic rings. The van der Waals surface area contributed by atoms with Gasteiger partial charge in [0, 0.05) is 5.92 Å². The molecule has 2 nitrogen and oxygen atoms in total. The van der Waals surface area contributed by atoms with Crippen LogP contribution in [0.2, 0.25) is 0 Å². The average molecular weight is 178 g/mol. The molecule has 1 aliphatic carbocycles. The molecular weight excluding hydrogens is 166 g/mol. The summed E-state index contributed by atoms with van der Waals surface area (Å²) in [6.07, 6.45) is -2.12. The summed E-state index contributed by atoms with van der Waals surface area (Å²) in [7, 11) is 0. The monoisotopic (exact) mass is 178 g/mol. The van der Waals surface area contributed by atoms with Crippen LogP contribution >= 0.6 is 0 Å². The Morgan fingerprint density at radius 1 is 1.42 bits per heavy atom. The number of aliphatic hydroxyl groups excluding tert-OH is 2. The first-order valence-corrected chi connectivity index (χ1v) is 3.79. The fourth-order valence-corrected chi connectivity index (χ4v) is 1.33. The Kier molecular flexibility index (Phi) is 2.23. The summed E-state index contributed by atoms with van der Waals surface area (Å²) < 4.78 is 25.9. The van der Waals surface area contributed by atoms with Gasteiger partial charge in [0.15, 0.2) is 0 Å². The van der Waals surface area contributed by atoms with Gasteiger partial charge in [-0.1, -0.05) is 13.0 Å². The molecule has 4 heteroatoms. The highest BCUT2D eigenvalue weighted by Gasteiger charge is 2.49. The van der Waals surface area contributed by atoms with E-state index >= 15 is 0 Å². The molecule has 0 saturated carbocycles. The number of hydrogen-bond acceptors (Lipinski definition) is 2. The van der Waals surface area contributed by atoms with Gasteiger partial charge in [-0.15, -0.1) is 0 Å². The molecule has 0 aromatic heterocycles. The molecule has 12 heavy (non-hydrogen) atoms. The van der Waals surface area contributed by atoms with Gasteiger partial charge < -0.3 is 10.2 Å². The molecule has 0 saturated heterocycles. The lowest BCUT2D eigenvalue weighted by Gasteiger charge is -2.34. The summed E-state index contributed by atoms with van der Waals surface area (Å²) in [6.45, 7) is 2.85. The lowest BCUT2D eigenvalue weighted by atomic mass is 9.84. The number of rotatable bonds is 0. The van der Waals surface area contributed by atoms with E-state index in [1.807, 2.05) is 0 Å². The van der Waals surface area contributed by atoms with Crippen molar-refractivity contribution in [3.8, 4) is 0 Å². The van der Waals surface area contributed by atoms with Crippen LogP contribution in [0.15, 0.2) is 11.6 Å². The Labute approximate surface area is 69.5 Å². The Bertz CT molecular complexity index is 213. The van der Waals surface area contributed by atoms with Crippen LogP contribution < -0.4 is 0 Å². The molecule has 3 atom stereocenters. The van der Waals surface area contributed by atoms with Crippen molar-refractivity contribution in [2.45, 2.75) is 32.0 Å². The Morgan fingerprint density at radius 2 is 1.92 bits per heavy atom. The van der Waals surface area contributed by atoms with Crippen molar-refractivity contribution in [1.82, 2.24) is 0 Å². The van der Waals surface area contributed by atoms with E-state index in [1.54, 1.807) is 0 Å². The molecule has 0 amide bonds. The van der Waals surface area contributed by atoms with Crippen molar-refractivity contribution in [1.29, 1.82) is 0 Å². The van der Waals surface area contributed by atoms with Crippen molar-refractivity contribution in [3.63, 3.8) is 0 Å². The number of alkyl halides is 2. The van der Waals surface area contributed by atoms with E-state index in [0.717, 1.165) is 0 Å². The average Bonchev–Trinajstić information content (AvgIpc) is 1.99. The Balaban J connectivity index is 2.99. The first-order chi connectivity index (χ1) is 5.37. The van der Waals surface area contributed by atoms with Gasteiger partial charge in [0.25, 0.3) is 5.92 Å². The van der Waals surface area contributed by atoms with E-state index in [1.165, 1.54) is 19.9 Å². The van der Waals surface area contributed by atoms with Crippen LogP contribution in [-0.4, -0.2) is 28.3 Å². The third-order valence-corrected chi connectivity index (χ3v) is 2.28. The number of allylic oxidation sites excluding steroid dienone is 1. The lowest BCUT2D eigenvalue weighted by molar-refractivity contribution is -0.169. The van der Waals surface area contributed by atoms with Gasteiger partial charge in [0.1, 0.15) is 12.2 Å². The second-order valence-electron chi connectivity index (χ2n) is 3.26. The van der Waals surface area contributed by atoms with Crippen LogP contribution in [-0.2, 0) is 0 Å². The van der Waals surface area contributed by atoms with Crippen LogP contribution in [0.1, 0.15) is 13.8 Å². The molecule has 70 valence electrons. The molecule has 0 fully saturated rings. The van der Waals surface area contributed by atoms with E-state index in [2.05, 4.69) is 0 Å². The number of halogens is 2. The zero-order chi connectivity index (χ0) is 9.52. The van der Waals surface area contributed by atoms with Crippen molar-refractivity contribution in [2.24, 2.45) is 5.92 Å². The van der Waals surface area contributed by atoms with Gasteiger partial charge in [0.05, 0.1) is 0 Å². The van der Waals surface area contributed by atoms with Crippen LogP contribution in [0.5, 0.6) is 0 Å². The minimum absolute atomic E-state index is 0.404. The third-order valence-electron chi connectivity index (χ3n) is 2.28. The maximum absolute atomic E-state index is 13.0. The quantitative estimate of drug-likeness (QED) is 0.542. The molecule has 2 N–H and O–H groups in total. The summed E-state index contributed by atoms with van der Waals surface area (Å²) in [5.74, 6) is -4.24. The van der Waals surface area contributed by atoms with Crippen LogP contribution in [0, 0.1) is 5.92 Å². The van der Waals surface area contributed by atoms with Crippen LogP contribution in [0.25, 0.3) is 0 Å². The summed E-state index contributed by atoms with van der Waals surface area (Å²) in [5, 5.41) is 18.1. The van der Waals surface area contributed by atoms with Gasteiger partial charge in [0.2, 0.25) is 0 Å². The zero-order valence-corrected chi connectivity index (χ0v) is 6.96. The van der Waals surface area contributed by atoms with Crippen LogP contribution in [0.3, 0.4) is 0 Å². The van der Waals surface area contributed by atoms with E-state index in [-0.39, 0.29) is 0 Å². The maximum Gasteiger partial charge on any atom is 0.282 e. The van der Waals surface area contributed by atoms with Crippen LogP contribution in [0.4, 0.5) is 8.78 Å². The van der Waals surface area contributed by atoms with Gasteiger partial charge in [-0.3, -0.25) is 0 Å². The van der Waals surface area contributed by atoms with E-state index in [9.17, 15) is 8.78 Å². The van der Waals surface area contributed by atoms with Gasteiger partial charge >= 0.3 is 0 Å². The lowest BCUT2D eigenvalue weighted by Crippen LogP contribution is -2.50. The minimum atomic E-state index is -3.22. The summed E-state index contributed by atoms with van der Waals surface area (Å²) >= 11 is 0. The second-order valence-corrected chi connectivity index (χ2v) is 3.26.